The molecule has 0 heterocycles. The summed E-state index contributed by atoms with van der Waals surface area (Å²) in [5.74, 6) is -1.74. The van der Waals surface area contributed by atoms with Gasteiger partial charge in [-0.25, -0.2) is 0 Å². The summed E-state index contributed by atoms with van der Waals surface area (Å²) in [5, 5.41) is 13.8. The van der Waals surface area contributed by atoms with E-state index in [1.807, 2.05) is 0 Å². The van der Waals surface area contributed by atoms with Gasteiger partial charge >= 0.3 is 5.97 Å². The Hall–Kier alpha value is -3.83. The number of benzene rings is 3. The largest absolute Gasteiger partial charge is 0.424 e. The zero-order chi connectivity index (χ0) is 22.9. The minimum Gasteiger partial charge on any atom is -0.424 e. The predicted molar refractivity (Wildman–Crippen MR) is 111 cm³/mol. The number of esters is 1. The summed E-state index contributed by atoms with van der Waals surface area (Å²) in [6.45, 7) is 2.57. The zero-order valence-electron chi connectivity index (χ0n) is 16.3. The number of amides is 1. The summed E-state index contributed by atoms with van der Waals surface area (Å²) >= 11 is 0. The SMILES string of the molecule is CC(=O)Oc1cc(S(=O)(=O)O)c2ccccc2c1NC(=O)c1ccc([N+](=O)[O-])c(C)c1. The van der Waals surface area contributed by atoms with Crippen molar-refractivity contribution in [1.29, 1.82) is 0 Å². The number of carbonyl (C=O) groups excluding carboxylic acids is 2. The number of nitrogens with zero attached hydrogens (tertiary/aromatic N) is 1. The minimum atomic E-state index is -4.67. The molecule has 0 aliphatic rings. The summed E-state index contributed by atoms with van der Waals surface area (Å²) < 4.78 is 38.3. The highest BCUT2D eigenvalue weighted by Crippen LogP contribution is 2.38. The van der Waals surface area contributed by atoms with E-state index in [1.165, 1.54) is 43.3 Å². The molecule has 3 aromatic rings. The third kappa shape index (κ3) is 4.52. The first-order chi connectivity index (χ1) is 14.5. The van der Waals surface area contributed by atoms with Crippen LogP contribution in [0.4, 0.5) is 11.4 Å². The molecule has 0 fully saturated rings. The van der Waals surface area contributed by atoms with E-state index in [0.29, 0.717) is 0 Å². The maximum absolute atomic E-state index is 12.8. The van der Waals surface area contributed by atoms with Gasteiger partial charge in [0.1, 0.15) is 4.90 Å². The van der Waals surface area contributed by atoms with Gasteiger partial charge < -0.3 is 10.1 Å². The lowest BCUT2D eigenvalue weighted by Gasteiger charge is -2.16. The molecule has 11 heteroatoms. The Bertz CT molecular complexity index is 1350. The number of hydrogen-bond donors (Lipinski definition) is 2. The molecule has 0 atom stereocenters. The van der Waals surface area contributed by atoms with Crippen molar-refractivity contribution >= 4 is 44.1 Å². The molecule has 0 spiro atoms. The van der Waals surface area contributed by atoms with Crippen molar-refractivity contribution in [3.63, 3.8) is 0 Å². The van der Waals surface area contributed by atoms with Crippen molar-refractivity contribution < 1.29 is 32.2 Å². The second-order valence-electron chi connectivity index (χ2n) is 6.57. The highest BCUT2D eigenvalue weighted by atomic mass is 32.2. The Labute approximate surface area is 176 Å². The first kappa shape index (κ1) is 21.9. The van der Waals surface area contributed by atoms with Crippen LogP contribution in [0, 0.1) is 17.0 Å². The third-order valence-corrected chi connectivity index (χ3v) is 5.29. The second kappa shape index (κ2) is 8.13. The molecule has 0 aliphatic heterocycles. The number of rotatable bonds is 5. The van der Waals surface area contributed by atoms with Gasteiger partial charge in [0, 0.05) is 41.0 Å². The van der Waals surface area contributed by atoms with E-state index in [0.717, 1.165) is 13.0 Å². The first-order valence-electron chi connectivity index (χ1n) is 8.77. The van der Waals surface area contributed by atoms with Crippen LogP contribution in [0.2, 0.25) is 0 Å². The van der Waals surface area contributed by atoms with Crippen LogP contribution in [-0.2, 0) is 14.9 Å². The number of carbonyl (C=O) groups is 2. The van der Waals surface area contributed by atoms with E-state index in [1.54, 1.807) is 6.07 Å². The minimum absolute atomic E-state index is 0.000735. The van der Waals surface area contributed by atoms with E-state index in [2.05, 4.69) is 5.32 Å². The average molecular weight is 444 g/mol. The highest BCUT2D eigenvalue weighted by molar-refractivity contribution is 7.86. The second-order valence-corrected chi connectivity index (χ2v) is 7.96. The Balaban J connectivity index is 2.17. The van der Waals surface area contributed by atoms with Crippen LogP contribution < -0.4 is 10.1 Å². The summed E-state index contributed by atoms with van der Waals surface area (Å²) in [6, 6.07) is 10.7. The van der Waals surface area contributed by atoms with Crippen molar-refractivity contribution in [3.05, 3.63) is 69.8 Å². The van der Waals surface area contributed by atoms with Gasteiger partial charge in [0.2, 0.25) is 0 Å². The smallest absolute Gasteiger partial charge is 0.308 e. The molecule has 31 heavy (non-hydrogen) atoms. The van der Waals surface area contributed by atoms with Crippen LogP contribution in [-0.4, -0.2) is 29.8 Å². The summed E-state index contributed by atoms with van der Waals surface area (Å²) in [4.78, 5) is 34.3. The highest BCUT2D eigenvalue weighted by Gasteiger charge is 2.23. The van der Waals surface area contributed by atoms with E-state index in [9.17, 15) is 32.7 Å². The molecule has 3 rings (SSSR count). The van der Waals surface area contributed by atoms with Crippen molar-refractivity contribution in [2.24, 2.45) is 0 Å². The van der Waals surface area contributed by atoms with Gasteiger partial charge in [-0.15, -0.1) is 0 Å². The Kier molecular flexibility index (Phi) is 5.73. The Morgan fingerprint density at radius 3 is 2.29 bits per heavy atom. The van der Waals surface area contributed by atoms with Gasteiger partial charge in [-0.05, 0) is 19.1 Å². The number of nitro groups is 1. The van der Waals surface area contributed by atoms with Crippen molar-refractivity contribution in [1.82, 2.24) is 0 Å². The Morgan fingerprint density at radius 2 is 1.74 bits per heavy atom. The first-order valence-corrected chi connectivity index (χ1v) is 10.2. The molecule has 0 aromatic heterocycles. The third-order valence-electron chi connectivity index (χ3n) is 4.40. The molecule has 10 nitrogen and oxygen atoms in total. The lowest BCUT2D eigenvalue weighted by atomic mass is 10.1. The Morgan fingerprint density at radius 1 is 1.10 bits per heavy atom. The summed E-state index contributed by atoms with van der Waals surface area (Å²) in [5.41, 5.74) is 0.212. The number of nitro benzene ring substituents is 1. The number of ether oxygens (including phenoxy) is 1. The van der Waals surface area contributed by atoms with Crippen molar-refractivity contribution in [2.75, 3.05) is 5.32 Å². The number of hydrogen-bond acceptors (Lipinski definition) is 7. The number of fused-ring (bicyclic) bond motifs is 1. The topological polar surface area (TPSA) is 153 Å². The van der Waals surface area contributed by atoms with Gasteiger partial charge in [-0.3, -0.25) is 24.3 Å². The molecule has 0 aliphatic carbocycles. The van der Waals surface area contributed by atoms with Crippen LogP contribution in [0.25, 0.3) is 10.8 Å². The molecule has 1 amide bonds. The molecule has 2 N–H and O–H groups in total. The van der Waals surface area contributed by atoms with Gasteiger partial charge in [0.05, 0.1) is 10.6 Å². The van der Waals surface area contributed by atoms with Gasteiger partial charge in [-0.2, -0.15) is 8.42 Å². The predicted octanol–water partition coefficient (Wildman–Crippen LogP) is 3.48. The summed E-state index contributed by atoms with van der Waals surface area (Å²) in [7, 11) is -4.67. The average Bonchev–Trinajstić information content (AvgIpc) is 2.67. The number of aryl methyl sites for hydroxylation is 1. The molecule has 3 aromatic carbocycles. The molecular weight excluding hydrogens is 428 g/mol. The van der Waals surface area contributed by atoms with Crippen LogP contribution >= 0.6 is 0 Å². The van der Waals surface area contributed by atoms with Crippen molar-refractivity contribution in [3.8, 4) is 5.75 Å². The van der Waals surface area contributed by atoms with E-state index in [-0.39, 0.29) is 39.0 Å². The fraction of sp³-hybridized carbons (Fsp3) is 0.100. The van der Waals surface area contributed by atoms with Gasteiger partial charge in [0.25, 0.3) is 21.7 Å². The number of anilines is 1. The van der Waals surface area contributed by atoms with E-state index >= 15 is 0 Å². The quantitative estimate of drug-likeness (QED) is 0.199. The van der Waals surface area contributed by atoms with Gasteiger partial charge in [-0.1, -0.05) is 24.3 Å². The maximum Gasteiger partial charge on any atom is 0.308 e. The molecule has 0 bridgehead atoms. The number of nitrogens with one attached hydrogen (secondary N) is 1. The van der Waals surface area contributed by atoms with E-state index in [4.69, 9.17) is 4.74 Å². The van der Waals surface area contributed by atoms with Crippen LogP contribution in [0.5, 0.6) is 5.75 Å². The monoisotopic (exact) mass is 444 g/mol. The molecule has 0 unspecified atom stereocenters. The lowest BCUT2D eigenvalue weighted by Crippen LogP contribution is -2.15. The lowest BCUT2D eigenvalue weighted by molar-refractivity contribution is -0.385. The molecule has 0 radical (unpaired) electrons. The van der Waals surface area contributed by atoms with E-state index < -0.39 is 31.8 Å². The molecule has 160 valence electrons. The fourth-order valence-corrected chi connectivity index (χ4v) is 3.79. The standard InChI is InChI=1S/C20H16N2O8S/c1-11-9-13(7-8-16(11)22(25)26)20(24)21-19-15-6-4-3-5-14(15)18(31(27,28)29)10-17(19)30-12(2)23/h3-10H,1-2H3,(H,21,24)(H,27,28,29). The molecule has 0 saturated carbocycles. The maximum atomic E-state index is 12.8. The van der Waals surface area contributed by atoms with Gasteiger partial charge in [0.15, 0.2) is 5.75 Å². The van der Waals surface area contributed by atoms with Crippen LogP contribution in [0.15, 0.2) is 53.4 Å². The zero-order valence-corrected chi connectivity index (χ0v) is 17.1. The molecule has 0 saturated heterocycles. The van der Waals surface area contributed by atoms with Crippen LogP contribution in [0.3, 0.4) is 0 Å². The summed E-state index contributed by atoms with van der Waals surface area (Å²) in [6.07, 6.45) is 0. The fourth-order valence-electron chi connectivity index (χ4n) is 3.08. The normalized spacial score (nSPS) is 11.2. The van der Waals surface area contributed by atoms with Crippen LogP contribution in [0.1, 0.15) is 22.8 Å². The van der Waals surface area contributed by atoms with Crippen molar-refractivity contribution in [2.45, 2.75) is 18.7 Å². The molecular formula is C20H16N2O8S.